The molecule has 0 aliphatic carbocycles. The number of benzene rings is 1. The first-order chi connectivity index (χ1) is 7.63. The van der Waals surface area contributed by atoms with E-state index in [1.807, 2.05) is 13.8 Å². The van der Waals surface area contributed by atoms with Gasteiger partial charge in [0, 0.05) is 10.9 Å². The smallest absolute Gasteiger partial charge is 0.101 e. The SMILES string of the molecule is CC(C)C#CCNc1ccc(Cl)cc1C#N. The van der Waals surface area contributed by atoms with Gasteiger partial charge in [0.1, 0.15) is 6.07 Å². The summed E-state index contributed by atoms with van der Waals surface area (Å²) in [6.45, 7) is 4.61. The third-order valence-electron chi connectivity index (χ3n) is 1.86. The maximum Gasteiger partial charge on any atom is 0.101 e. The van der Waals surface area contributed by atoms with Gasteiger partial charge < -0.3 is 5.32 Å². The molecule has 1 rings (SSSR count). The van der Waals surface area contributed by atoms with Crippen LogP contribution >= 0.6 is 11.6 Å². The van der Waals surface area contributed by atoms with E-state index in [0.29, 0.717) is 23.0 Å². The molecule has 0 saturated carbocycles. The summed E-state index contributed by atoms with van der Waals surface area (Å²) < 4.78 is 0. The lowest BCUT2D eigenvalue weighted by Crippen LogP contribution is -2.01. The Morgan fingerprint density at radius 3 is 2.81 bits per heavy atom. The summed E-state index contributed by atoms with van der Waals surface area (Å²) in [5.74, 6) is 6.40. The van der Waals surface area contributed by atoms with Crippen molar-refractivity contribution in [2.45, 2.75) is 13.8 Å². The maximum atomic E-state index is 8.90. The van der Waals surface area contributed by atoms with E-state index in [9.17, 15) is 0 Å². The van der Waals surface area contributed by atoms with Crippen molar-refractivity contribution in [1.82, 2.24) is 0 Å². The average Bonchev–Trinajstić information content (AvgIpc) is 2.25. The molecule has 0 heterocycles. The summed E-state index contributed by atoms with van der Waals surface area (Å²) in [4.78, 5) is 0. The molecule has 0 saturated heterocycles. The number of hydrogen-bond donors (Lipinski definition) is 1. The predicted octanol–water partition coefficient (Wildman–Crippen LogP) is 3.28. The van der Waals surface area contributed by atoms with Crippen molar-refractivity contribution < 1.29 is 0 Å². The molecule has 0 unspecified atom stereocenters. The summed E-state index contributed by atoms with van der Waals surface area (Å²) in [6, 6.07) is 7.27. The van der Waals surface area contributed by atoms with Crippen LogP contribution in [0.15, 0.2) is 18.2 Å². The second-order valence-corrected chi connectivity index (χ2v) is 4.07. The second kappa shape index (κ2) is 6.05. The fourth-order valence-electron chi connectivity index (χ4n) is 1.16. The van der Waals surface area contributed by atoms with Gasteiger partial charge >= 0.3 is 0 Å². The van der Waals surface area contributed by atoms with Crippen molar-refractivity contribution in [1.29, 1.82) is 5.26 Å². The Hall–Kier alpha value is -1.64. The minimum Gasteiger partial charge on any atom is -0.373 e. The van der Waals surface area contributed by atoms with E-state index in [4.69, 9.17) is 16.9 Å². The molecule has 0 aliphatic rings. The lowest BCUT2D eigenvalue weighted by molar-refractivity contribution is 0.865. The molecule has 0 radical (unpaired) electrons. The second-order valence-electron chi connectivity index (χ2n) is 3.63. The summed E-state index contributed by atoms with van der Waals surface area (Å²) >= 11 is 5.79. The van der Waals surface area contributed by atoms with Gasteiger partial charge in [0.2, 0.25) is 0 Å². The number of anilines is 1. The van der Waals surface area contributed by atoms with Crippen LogP contribution in [0, 0.1) is 29.1 Å². The van der Waals surface area contributed by atoms with Crippen molar-refractivity contribution in [3.8, 4) is 17.9 Å². The first-order valence-corrected chi connectivity index (χ1v) is 5.43. The van der Waals surface area contributed by atoms with Crippen LogP contribution in [0.4, 0.5) is 5.69 Å². The highest BCUT2D eigenvalue weighted by atomic mass is 35.5. The summed E-state index contributed by atoms with van der Waals surface area (Å²) in [7, 11) is 0. The molecule has 0 amide bonds. The van der Waals surface area contributed by atoms with Crippen LogP contribution in [0.5, 0.6) is 0 Å². The fraction of sp³-hybridized carbons (Fsp3) is 0.308. The van der Waals surface area contributed by atoms with E-state index in [-0.39, 0.29) is 0 Å². The van der Waals surface area contributed by atoms with Gasteiger partial charge in [0.25, 0.3) is 0 Å². The summed E-state index contributed by atoms with van der Waals surface area (Å²) in [5.41, 5.74) is 1.31. The van der Waals surface area contributed by atoms with E-state index in [0.717, 1.165) is 5.69 Å². The molecule has 0 atom stereocenters. The molecule has 1 aromatic rings. The Kier molecular flexibility index (Phi) is 4.70. The van der Waals surface area contributed by atoms with Crippen LogP contribution in [-0.4, -0.2) is 6.54 Å². The van der Waals surface area contributed by atoms with Crippen LogP contribution in [-0.2, 0) is 0 Å². The van der Waals surface area contributed by atoms with E-state index in [1.165, 1.54) is 0 Å². The number of nitriles is 1. The Labute approximate surface area is 101 Å². The highest BCUT2D eigenvalue weighted by Gasteiger charge is 2.00. The Morgan fingerprint density at radius 2 is 2.19 bits per heavy atom. The van der Waals surface area contributed by atoms with Gasteiger partial charge in [-0.2, -0.15) is 5.26 Å². The van der Waals surface area contributed by atoms with Gasteiger partial charge in [0.05, 0.1) is 17.8 Å². The van der Waals surface area contributed by atoms with Crippen LogP contribution in [0.3, 0.4) is 0 Å². The van der Waals surface area contributed by atoms with Gasteiger partial charge in [-0.25, -0.2) is 0 Å². The Balaban J connectivity index is 2.69. The zero-order chi connectivity index (χ0) is 12.0. The van der Waals surface area contributed by atoms with Crippen LogP contribution in [0.25, 0.3) is 0 Å². The van der Waals surface area contributed by atoms with Crippen molar-refractivity contribution in [3.63, 3.8) is 0 Å². The monoisotopic (exact) mass is 232 g/mol. The van der Waals surface area contributed by atoms with E-state index >= 15 is 0 Å². The molecule has 16 heavy (non-hydrogen) atoms. The zero-order valence-electron chi connectivity index (χ0n) is 9.34. The zero-order valence-corrected chi connectivity index (χ0v) is 10.1. The van der Waals surface area contributed by atoms with Gasteiger partial charge in [-0.15, -0.1) is 0 Å². The number of hydrogen-bond acceptors (Lipinski definition) is 2. The normalized spacial score (nSPS) is 9.19. The van der Waals surface area contributed by atoms with Crippen LogP contribution in [0.1, 0.15) is 19.4 Å². The van der Waals surface area contributed by atoms with Crippen molar-refractivity contribution in [2.75, 3.05) is 11.9 Å². The Morgan fingerprint density at radius 1 is 1.44 bits per heavy atom. The van der Waals surface area contributed by atoms with Crippen LogP contribution < -0.4 is 5.32 Å². The van der Waals surface area contributed by atoms with Gasteiger partial charge in [-0.1, -0.05) is 37.3 Å². The number of nitrogens with one attached hydrogen (secondary N) is 1. The molecule has 0 aliphatic heterocycles. The van der Waals surface area contributed by atoms with Gasteiger partial charge in [-0.05, 0) is 18.2 Å². The first kappa shape index (κ1) is 12.4. The first-order valence-electron chi connectivity index (χ1n) is 5.05. The van der Waals surface area contributed by atoms with E-state index < -0.39 is 0 Å². The number of rotatable bonds is 2. The molecule has 1 N–H and O–H groups in total. The molecule has 0 bridgehead atoms. The molecular weight excluding hydrogens is 220 g/mol. The predicted molar refractivity (Wildman–Crippen MR) is 67.3 cm³/mol. The topological polar surface area (TPSA) is 35.8 Å². The summed E-state index contributed by atoms with van der Waals surface area (Å²) in [6.07, 6.45) is 0. The largest absolute Gasteiger partial charge is 0.373 e. The van der Waals surface area contributed by atoms with Crippen LogP contribution in [0.2, 0.25) is 5.02 Å². The van der Waals surface area contributed by atoms with Crippen molar-refractivity contribution in [3.05, 3.63) is 28.8 Å². The molecule has 0 aromatic heterocycles. The van der Waals surface area contributed by atoms with Gasteiger partial charge in [0.15, 0.2) is 0 Å². The highest BCUT2D eigenvalue weighted by molar-refractivity contribution is 6.30. The van der Waals surface area contributed by atoms with Crippen molar-refractivity contribution in [2.24, 2.45) is 5.92 Å². The number of nitrogens with zero attached hydrogens (tertiary/aromatic N) is 1. The average molecular weight is 233 g/mol. The maximum absolute atomic E-state index is 8.90. The quantitative estimate of drug-likeness (QED) is 0.795. The molecule has 3 heteroatoms. The minimum atomic E-state index is 0.363. The highest BCUT2D eigenvalue weighted by Crippen LogP contribution is 2.19. The standard InChI is InChI=1S/C13H13ClN2/c1-10(2)4-3-7-16-13-6-5-12(14)8-11(13)9-15/h5-6,8,10,16H,7H2,1-2H3. The molecular formula is C13H13ClN2. The lowest BCUT2D eigenvalue weighted by Gasteiger charge is -2.04. The summed E-state index contributed by atoms with van der Waals surface area (Å²) in [5, 5.41) is 12.6. The molecule has 82 valence electrons. The fourth-order valence-corrected chi connectivity index (χ4v) is 1.33. The van der Waals surface area contributed by atoms with E-state index in [2.05, 4.69) is 23.2 Å². The molecule has 0 spiro atoms. The molecule has 1 aromatic carbocycles. The van der Waals surface area contributed by atoms with Crippen molar-refractivity contribution >= 4 is 17.3 Å². The van der Waals surface area contributed by atoms with E-state index in [1.54, 1.807) is 18.2 Å². The third kappa shape index (κ3) is 3.85. The molecule has 2 nitrogen and oxygen atoms in total. The Bertz CT molecular complexity index is 461. The molecule has 0 fully saturated rings. The van der Waals surface area contributed by atoms with Gasteiger partial charge in [-0.3, -0.25) is 0 Å². The number of halogens is 1. The third-order valence-corrected chi connectivity index (χ3v) is 2.10. The minimum absolute atomic E-state index is 0.363. The lowest BCUT2D eigenvalue weighted by atomic mass is 10.2.